The fraction of sp³-hybridized carbons (Fsp3) is 0.375. The van der Waals surface area contributed by atoms with Gasteiger partial charge < -0.3 is 14.2 Å². The number of carbonyl (C=O) groups is 2. The molecule has 3 heterocycles. The normalized spacial score (nSPS) is 15.0. The maximum absolute atomic E-state index is 13.0. The molecule has 5 rings (SSSR count). The summed E-state index contributed by atoms with van der Waals surface area (Å²) >= 11 is 1.22. The van der Waals surface area contributed by atoms with Crippen molar-refractivity contribution in [2.75, 3.05) is 24.3 Å². The maximum atomic E-state index is 13.0. The number of amides is 1. The van der Waals surface area contributed by atoms with Crippen LogP contribution < -0.4 is 10.5 Å². The summed E-state index contributed by atoms with van der Waals surface area (Å²) in [7, 11) is 1.30. The van der Waals surface area contributed by atoms with E-state index in [1.54, 1.807) is 11.0 Å². The standard InChI is InChI=1S/C24H24N4O4S/c1-3-27-21-20(16(23(31)32-2)12-17(25-21)14-8-9-14)22(30)26-24(27)33-13-19(29)28-11-10-15-6-4-5-7-18(15)28/h4-7,12,14H,3,8-11,13H2,1-2H3. The summed E-state index contributed by atoms with van der Waals surface area (Å²) in [5, 5.41) is 0.587. The van der Waals surface area contributed by atoms with Gasteiger partial charge in [-0.1, -0.05) is 30.0 Å². The fourth-order valence-electron chi connectivity index (χ4n) is 4.31. The van der Waals surface area contributed by atoms with Gasteiger partial charge in [0.15, 0.2) is 5.16 Å². The van der Waals surface area contributed by atoms with Gasteiger partial charge in [0.25, 0.3) is 5.56 Å². The molecule has 2 aliphatic rings. The third-order valence-corrected chi connectivity index (χ3v) is 7.11. The molecule has 1 aromatic carbocycles. The Morgan fingerprint density at radius 3 is 2.73 bits per heavy atom. The van der Waals surface area contributed by atoms with Crippen molar-refractivity contribution in [1.82, 2.24) is 14.5 Å². The zero-order valence-electron chi connectivity index (χ0n) is 18.5. The van der Waals surface area contributed by atoms with Crippen LogP contribution in [0.1, 0.15) is 47.3 Å². The Hall–Kier alpha value is -3.20. The molecule has 0 saturated heterocycles. The van der Waals surface area contributed by atoms with E-state index in [9.17, 15) is 14.4 Å². The Kier molecular flexibility index (Phi) is 5.65. The summed E-state index contributed by atoms with van der Waals surface area (Å²) in [6, 6.07) is 9.57. The van der Waals surface area contributed by atoms with E-state index < -0.39 is 11.5 Å². The molecule has 1 saturated carbocycles. The van der Waals surface area contributed by atoms with Crippen LogP contribution >= 0.6 is 11.8 Å². The summed E-state index contributed by atoms with van der Waals surface area (Å²) < 4.78 is 6.74. The van der Waals surface area contributed by atoms with Crippen LogP contribution in [0.3, 0.4) is 0 Å². The number of nitrogens with zero attached hydrogens (tertiary/aromatic N) is 4. The number of anilines is 1. The molecule has 170 valence electrons. The molecule has 0 radical (unpaired) electrons. The molecule has 9 heteroatoms. The van der Waals surface area contributed by atoms with E-state index in [1.807, 2.05) is 35.8 Å². The number of aryl methyl sites for hydroxylation is 1. The Bertz CT molecular complexity index is 1330. The molecule has 1 aliphatic heterocycles. The molecule has 1 aliphatic carbocycles. The van der Waals surface area contributed by atoms with Gasteiger partial charge in [-0.3, -0.25) is 9.59 Å². The molecular formula is C24H24N4O4S. The number of pyridine rings is 1. The second kappa shape index (κ2) is 8.62. The number of para-hydroxylation sites is 1. The Morgan fingerprint density at radius 2 is 2.00 bits per heavy atom. The van der Waals surface area contributed by atoms with Crippen molar-refractivity contribution in [2.24, 2.45) is 0 Å². The highest BCUT2D eigenvalue weighted by Crippen LogP contribution is 2.40. The summed E-state index contributed by atoms with van der Waals surface area (Å²) in [5.41, 5.74) is 2.98. The van der Waals surface area contributed by atoms with Crippen molar-refractivity contribution in [2.45, 2.75) is 43.8 Å². The number of hydrogen-bond donors (Lipinski definition) is 0. The summed E-state index contributed by atoms with van der Waals surface area (Å²) in [5.74, 6) is -0.163. The van der Waals surface area contributed by atoms with Crippen LogP contribution in [-0.2, 0) is 22.5 Å². The number of aromatic nitrogens is 3. The van der Waals surface area contributed by atoms with Crippen LogP contribution in [0.5, 0.6) is 0 Å². The first-order valence-corrected chi connectivity index (χ1v) is 12.0. The van der Waals surface area contributed by atoms with Crippen LogP contribution in [0.25, 0.3) is 11.0 Å². The van der Waals surface area contributed by atoms with Gasteiger partial charge in [0, 0.05) is 30.4 Å². The quantitative estimate of drug-likeness (QED) is 0.314. The van der Waals surface area contributed by atoms with Crippen molar-refractivity contribution < 1.29 is 14.3 Å². The average Bonchev–Trinajstić information content (AvgIpc) is 3.60. The lowest BCUT2D eigenvalue weighted by atomic mass is 10.1. The van der Waals surface area contributed by atoms with Gasteiger partial charge in [-0.25, -0.2) is 9.78 Å². The second-order valence-corrected chi connectivity index (χ2v) is 9.16. The van der Waals surface area contributed by atoms with E-state index in [1.165, 1.54) is 18.9 Å². The first-order chi connectivity index (χ1) is 16.0. The minimum atomic E-state index is -0.575. The van der Waals surface area contributed by atoms with Crippen LogP contribution in [0.2, 0.25) is 0 Å². The molecule has 0 spiro atoms. The van der Waals surface area contributed by atoms with Gasteiger partial charge in [-0.15, -0.1) is 0 Å². The van der Waals surface area contributed by atoms with Crippen molar-refractivity contribution in [3.8, 4) is 0 Å². The smallest absolute Gasteiger partial charge is 0.338 e. The first-order valence-electron chi connectivity index (χ1n) is 11.1. The van der Waals surface area contributed by atoms with Gasteiger partial charge in [0.05, 0.1) is 23.8 Å². The molecule has 3 aromatic rings. The van der Waals surface area contributed by atoms with Crippen LogP contribution in [-0.4, -0.2) is 45.8 Å². The predicted molar refractivity (Wildman–Crippen MR) is 126 cm³/mol. The molecule has 0 atom stereocenters. The number of esters is 1. The molecule has 1 amide bonds. The van der Waals surface area contributed by atoms with Gasteiger partial charge in [-0.2, -0.15) is 4.98 Å². The number of benzene rings is 1. The van der Waals surface area contributed by atoms with Crippen molar-refractivity contribution in [3.05, 3.63) is 57.5 Å². The lowest BCUT2D eigenvalue weighted by Crippen LogP contribution is -2.30. The molecule has 0 bridgehead atoms. The van der Waals surface area contributed by atoms with E-state index >= 15 is 0 Å². The minimum absolute atomic E-state index is 0.0307. The first kappa shape index (κ1) is 21.6. The van der Waals surface area contributed by atoms with E-state index in [0.29, 0.717) is 29.8 Å². The third-order valence-electron chi connectivity index (χ3n) is 6.15. The van der Waals surface area contributed by atoms with E-state index in [0.717, 1.165) is 36.2 Å². The number of hydrogen-bond acceptors (Lipinski definition) is 7. The largest absolute Gasteiger partial charge is 0.465 e. The highest BCUT2D eigenvalue weighted by Gasteiger charge is 2.30. The zero-order chi connectivity index (χ0) is 23.1. The van der Waals surface area contributed by atoms with Gasteiger partial charge in [0.1, 0.15) is 5.65 Å². The summed E-state index contributed by atoms with van der Waals surface area (Å²) in [6.45, 7) is 3.07. The Labute approximate surface area is 195 Å². The molecular weight excluding hydrogens is 440 g/mol. The van der Waals surface area contributed by atoms with Gasteiger partial charge in [-0.05, 0) is 43.9 Å². The summed E-state index contributed by atoms with van der Waals surface area (Å²) in [4.78, 5) is 49.2. The predicted octanol–water partition coefficient (Wildman–Crippen LogP) is 3.16. The van der Waals surface area contributed by atoms with Crippen LogP contribution in [0.4, 0.5) is 5.69 Å². The van der Waals surface area contributed by atoms with Gasteiger partial charge in [0.2, 0.25) is 5.91 Å². The van der Waals surface area contributed by atoms with Crippen molar-refractivity contribution in [3.63, 3.8) is 0 Å². The van der Waals surface area contributed by atoms with Crippen molar-refractivity contribution in [1.29, 1.82) is 0 Å². The third kappa shape index (κ3) is 3.90. The highest BCUT2D eigenvalue weighted by molar-refractivity contribution is 7.99. The Morgan fingerprint density at radius 1 is 1.21 bits per heavy atom. The summed E-state index contributed by atoms with van der Waals surface area (Å²) in [6.07, 6.45) is 2.85. The van der Waals surface area contributed by atoms with E-state index in [2.05, 4.69) is 4.98 Å². The van der Waals surface area contributed by atoms with E-state index in [-0.39, 0.29) is 22.6 Å². The Balaban J connectivity index is 1.51. The number of carbonyl (C=O) groups excluding carboxylic acids is 2. The number of rotatable bonds is 6. The van der Waals surface area contributed by atoms with Crippen LogP contribution in [0, 0.1) is 0 Å². The lowest BCUT2D eigenvalue weighted by Gasteiger charge is -2.18. The number of ether oxygens (including phenoxy) is 1. The second-order valence-electron chi connectivity index (χ2n) is 8.22. The molecule has 2 aromatic heterocycles. The topological polar surface area (TPSA) is 94.4 Å². The highest BCUT2D eigenvalue weighted by atomic mass is 32.2. The zero-order valence-corrected chi connectivity index (χ0v) is 19.4. The van der Waals surface area contributed by atoms with E-state index in [4.69, 9.17) is 9.72 Å². The number of thioether (sulfide) groups is 1. The fourth-order valence-corrected chi connectivity index (χ4v) is 5.23. The molecule has 0 unspecified atom stereocenters. The monoisotopic (exact) mass is 464 g/mol. The van der Waals surface area contributed by atoms with Gasteiger partial charge >= 0.3 is 5.97 Å². The molecule has 8 nitrogen and oxygen atoms in total. The van der Waals surface area contributed by atoms with Crippen LogP contribution in [0.15, 0.2) is 40.3 Å². The number of methoxy groups -OCH3 is 1. The molecule has 0 N–H and O–H groups in total. The maximum Gasteiger partial charge on any atom is 0.338 e. The molecule has 1 fully saturated rings. The number of fused-ring (bicyclic) bond motifs is 2. The lowest BCUT2D eigenvalue weighted by molar-refractivity contribution is -0.116. The average molecular weight is 465 g/mol. The van der Waals surface area contributed by atoms with Crippen molar-refractivity contribution >= 4 is 40.4 Å². The molecule has 33 heavy (non-hydrogen) atoms. The minimum Gasteiger partial charge on any atom is -0.465 e. The SMILES string of the molecule is CCn1c(SCC(=O)N2CCc3ccccc32)nc(=O)c2c(C(=O)OC)cc(C3CC3)nc21.